The lowest BCUT2D eigenvalue weighted by molar-refractivity contribution is 0.102. The van der Waals surface area contributed by atoms with Crippen molar-refractivity contribution in [3.05, 3.63) is 52.7 Å². The predicted molar refractivity (Wildman–Crippen MR) is 130 cm³/mol. The number of pyridine rings is 1. The number of carbonyl (C=O) groups excluding carboxylic acids is 1. The Morgan fingerprint density at radius 2 is 2.03 bits per heavy atom. The molecule has 1 unspecified atom stereocenters. The number of rotatable bonds is 5. The van der Waals surface area contributed by atoms with E-state index in [9.17, 15) is 4.79 Å². The van der Waals surface area contributed by atoms with Gasteiger partial charge in [-0.3, -0.25) is 20.5 Å². The van der Waals surface area contributed by atoms with Crippen LogP contribution < -0.4 is 10.1 Å². The Morgan fingerprint density at radius 1 is 1.24 bits per heavy atom. The van der Waals surface area contributed by atoms with Crippen LogP contribution in [0.3, 0.4) is 0 Å². The Balaban J connectivity index is 1.56. The fourth-order valence-electron chi connectivity index (χ4n) is 4.56. The molecule has 0 aliphatic carbocycles. The molecule has 2 aromatic rings. The van der Waals surface area contributed by atoms with Gasteiger partial charge in [0.2, 0.25) is 0 Å². The number of amidine groups is 2. The lowest BCUT2D eigenvalue weighted by atomic mass is 9.95. The molecule has 174 valence electrons. The summed E-state index contributed by atoms with van der Waals surface area (Å²) in [6.07, 6.45) is 2.44. The average Bonchev–Trinajstić information content (AvgIpc) is 3.15. The summed E-state index contributed by atoms with van der Waals surface area (Å²) in [6.45, 7) is 8.17. The molecule has 1 saturated heterocycles. The van der Waals surface area contributed by atoms with Crippen molar-refractivity contribution in [2.45, 2.75) is 58.7 Å². The summed E-state index contributed by atoms with van der Waals surface area (Å²) in [4.78, 5) is 21.8. The highest BCUT2D eigenvalue weighted by Gasteiger charge is 2.29. The summed E-state index contributed by atoms with van der Waals surface area (Å²) in [5.41, 5.74) is 3.26. The van der Waals surface area contributed by atoms with Crippen LogP contribution in [0.2, 0.25) is 0 Å². The SMILES string of the molecule is COc1cc2c(cc1C(=O)Nc1cccc(C(=N)N3C(=N)CCC3C)n1)CN(C(C)C)CC2. The van der Waals surface area contributed by atoms with E-state index in [-0.39, 0.29) is 17.8 Å². The van der Waals surface area contributed by atoms with E-state index >= 15 is 0 Å². The van der Waals surface area contributed by atoms with E-state index in [1.165, 1.54) is 5.56 Å². The Morgan fingerprint density at radius 3 is 2.70 bits per heavy atom. The number of nitrogens with one attached hydrogen (secondary N) is 3. The number of nitrogens with zero attached hydrogens (tertiary/aromatic N) is 3. The molecule has 1 atom stereocenters. The zero-order valence-electron chi connectivity index (χ0n) is 19.7. The Kier molecular flexibility index (Phi) is 6.47. The smallest absolute Gasteiger partial charge is 0.260 e. The molecule has 0 saturated carbocycles. The van der Waals surface area contributed by atoms with Crippen LogP contribution in [0, 0.1) is 10.8 Å². The number of hydrogen-bond donors (Lipinski definition) is 3. The highest BCUT2D eigenvalue weighted by molar-refractivity contribution is 6.08. The number of carbonyl (C=O) groups is 1. The highest BCUT2D eigenvalue weighted by atomic mass is 16.5. The summed E-state index contributed by atoms with van der Waals surface area (Å²) in [5.74, 6) is 1.23. The Bertz CT molecular complexity index is 1100. The standard InChI is InChI=1S/C25H32N6O2/c1-15(2)30-11-10-17-13-21(33-4)19(12-18(17)14-30)25(32)29-23-7-5-6-20(28-23)24(27)31-16(3)8-9-22(31)26/h5-7,12-13,15-16,26-27H,8-11,14H2,1-4H3,(H,28,29,32). The Labute approximate surface area is 195 Å². The third kappa shape index (κ3) is 4.61. The molecule has 3 N–H and O–H groups in total. The number of hydrogen-bond acceptors (Lipinski definition) is 6. The van der Waals surface area contributed by atoms with Gasteiger partial charge in [-0.15, -0.1) is 0 Å². The van der Waals surface area contributed by atoms with Gasteiger partial charge in [-0.05, 0) is 69.0 Å². The van der Waals surface area contributed by atoms with Crippen LogP contribution in [0.4, 0.5) is 5.82 Å². The first kappa shape index (κ1) is 22.9. The van der Waals surface area contributed by atoms with Crippen molar-refractivity contribution in [2.24, 2.45) is 0 Å². The van der Waals surface area contributed by atoms with E-state index in [0.717, 1.165) is 31.5 Å². The minimum absolute atomic E-state index is 0.0928. The van der Waals surface area contributed by atoms with E-state index < -0.39 is 0 Å². The van der Waals surface area contributed by atoms with Crippen molar-refractivity contribution >= 4 is 23.4 Å². The second-order valence-corrected chi connectivity index (χ2v) is 9.05. The molecule has 33 heavy (non-hydrogen) atoms. The highest BCUT2D eigenvalue weighted by Crippen LogP contribution is 2.29. The van der Waals surface area contributed by atoms with Crippen molar-refractivity contribution < 1.29 is 9.53 Å². The molecule has 1 amide bonds. The van der Waals surface area contributed by atoms with E-state index in [0.29, 0.717) is 41.1 Å². The molecular formula is C25H32N6O2. The number of amides is 1. The quantitative estimate of drug-likeness (QED) is 0.475. The number of methoxy groups -OCH3 is 1. The molecule has 2 aliphatic rings. The molecule has 1 aromatic heterocycles. The van der Waals surface area contributed by atoms with Crippen LogP contribution >= 0.6 is 0 Å². The molecular weight excluding hydrogens is 416 g/mol. The average molecular weight is 449 g/mol. The fourth-order valence-corrected chi connectivity index (χ4v) is 4.56. The first-order valence-corrected chi connectivity index (χ1v) is 11.5. The van der Waals surface area contributed by atoms with Gasteiger partial charge in [0.15, 0.2) is 5.84 Å². The summed E-state index contributed by atoms with van der Waals surface area (Å²) in [6, 6.07) is 9.64. The summed E-state index contributed by atoms with van der Waals surface area (Å²) >= 11 is 0. The number of benzene rings is 1. The van der Waals surface area contributed by atoms with Crippen LogP contribution in [-0.4, -0.2) is 58.1 Å². The van der Waals surface area contributed by atoms with Gasteiger partial charge >= 0.3 is 0 Å². The topological polar surface area (TPSA) is 105 Å². The maximum Gasteiger partial charge on any atom is 0.260 e. The third-order valence-electron chi connectivity index (χ3n) is 6.54. The van der Waals surface area contributed by atoms with Gasteiger partial charge in [-0.1, -0.05) is 6.07 Å². The van der Waals surface area contributed by atoms with Crippen molar-refractivity contribution in [1.82, 2.24) is 14.8 Å². The zero-order chi connectivity index (χ0) is 23.7. The number of aromatic nitrogens is 1. The van der Waals surface area contributed by atoms with Gasteiger partial charge in [0.05, 0.1) is 12.7 Å². The fraction of sp³-hybridized carbons (Fsp3) is 0.440. The molecule has 4 rings (SSSR count). The lowest BCUT2D eigenvalue weighted by Gasteiger charge is -2.32. The van der Waals surface area contributed by atoms with Crippen molar-refractivity contribution in [3.63, 3.8) is 0 Å². The van der Waals surface area contributed by atoms with Crippen LogP contribution in [-0.2, 0) is 13.0 Å². The van der Waals surface area contributed by atoms with Crippen molar-refractivity contribution in [2.75, 3.05) is 19.0 Å². The Hall–Kier alpha value is -3.26. The second-order valence-electron chi connectivity index (χ2n) is 9.05. The number of anilines is 1. The largest absolute Gasteiger partial charge is 0.496 e. The first-order valence-electron chi connectivity index (χ1n) is 11.5. The van der Waals surface area contributed by atoms with Gasteiger partial charge in [0, 0.05) is 31.6 Å². The number of fused-ring (bicyclic) bond motifs is 1. The maximum atomic E-state index is 13.2. The zero-order valence-corrected chi connectivity index (χ0v) is 19.7. The first-order chi connectivity index (χ1) is 15.8. The monoisotopic (exact) mass is 448 g/mol. The van der Waals surface area contributed by atoms with E-state index in [2.05, 4.69) is 29.0 Å². The predicted octanol–water partition coefficient (Wildman–Crippen LogP) is 3.90. The normalized spacial score (nSPS) is 18.4. The van der Waals surface area contributed by atoms with Gasteiger partial charge in [0.1, 0.15) is 23.1 Å². The summed E-state index contributed by atoms with van der Waals surface area (Å²) in [5, 5.41) is 19.5. The molecule has 1 fully saturated rings. The molecule has 8 nitrogen and oxygen atoms in total. The molecule has 8 heteroatoms. The van der Waals surface area contributed by atoms with E-state index in [1.54, 1.807) is 30.2 Å². The molecule has 0 radical (unpaired) electrons. The maximum absolute atomic E-state index is 13.2. The molecule has 2 aliphatic heterocycles. The van der Waals surface area contributed by atoms with E-state index in [1.807, 2.05) is 19.1 Å². The summed E-state index contributed by atoms with van der Waals surface area (Å²) in [7, 11) is 1.58. The molecule has 0 bridgehead atoms. The minimum atomic E-state index is -0.296. The van der Waals surface area contributed by atoms with Crippen LogP contribution in [0.1, 0.15) is 60.8 Å². The van der Waals surface area contributed by atoms with Gasteiger partial charge in [-0.2, -0.15) is 0 Å². The van der Waals surface area contributed by atoms with Crippen molar-refractivity contribution in [1.29, 1.82) is 10.8 Å². The molecule has 1 aromatic carbocycles. The number of ether oxygens (including phenoxy) is 1. The van der Waals surface area contributed by atoms with Gasteiger partial charge in [0.25, 0.3) is 5.91 Å². The van der Waals surface area contributed by atoms with Crippen LogP contribution in [0.25, 0.3) is 0 Å². The van der Waals surface area contributed by atoms with Gasteiger partial charge in [-0.25, -0.2) is 4.98 Å². The molecule has 3 heterocycles. The minimum Gasteiger partial charge on any atom is -0.496 e. The van der Waals surface area contributed by atoms with Gasteiger partial charge < -0.3 is 15.0 Å². The van der Waals surface area contributed by atoms with E-state index in [4.69, 9.17) is 15.6 Å². The number of likely N-dealkylation sites (tertiary alicyclic amines) is 1. The van der Waals surface area contributed by atoms with Crippen LogP contribution in [0.15, 0.2) is 30.3 Å². The second kappa shape index (κ2) is 9.31. The van der Waals surface area contributed by atoms with Crippen LogP contribution in [0.5, 0.6) is 5.75 Å². The molecule has 0 spiro atoms. The third-order valence-corrected chi connectivity index (χ3v) is 6.54. The van der Waals surface area contributed by atoms with Crippen molar-refractivity contribution in [3.8, 4) is 5.75 Å². The summed E-state index contributed by atoms with van der Waals surface area (Å²) < 4.78 is 5.54. The lowest BCUT2D eigenvalue weighted by Crippen LogP contribution is -2.37.